The summed E-state index contributed by atoms with van der Waals surface area (Å²) in [6.07, 6.45) is -0.0635. The van der Waals surface area contributed by atoms with Crippen LogP contribution in [0.2, 0.25) is 0 Å². The molecule has 2 amide bonds. The number of thioether (sulfide) groups is 1. The average Bonchev–Trinajstić information content (AvgIpc) is 2.94. The number of hydrogen-bond donors (Lipinski definition) is 2. The highest BCUT2D eigenvalue weighted by molar-refractivity contribution is 8.15. The lowest BCUT2D eigenvalue weighted by atomic mass is 10.2. The summed E-state index contributed by atoms with van der Waals surface area (Å²) in [7, 11) is 0. The van der Waals surface area contributed by atoms with E-state index in [4.69, 9.17) is 0 Å². The monoisotopic (exact) mass is 384 g/mol. The Kier molecular flexibility index (Phi) is 5.51. The molecule has 0 spiro atoms. The summed E-state index contributed by atoms with van der Waals surface area (Å²) in [4.78, 5) is 38.9. The molecule has 1 saturated heterocycles. The molecule has 0 aliphatic carbocycles. The molecule has 0 aromatic heterocycles. The zero-order valence-electron chi connectivity index (χ0n) is 14.3. The van der Waals surface area contributed by atoms with E-state index in [9.17, 15) is 19.7 Å². The number of amidine groups is 1. The van der Waals surface area contributed by atoms with E-state index < -0.39 is 16.1 Å². The molecule has 0 radical (unpaired) electrons. The molecule has 1 aliphatic rings. The standard InChI is InChI=1S/C18H16N4O4S/c1-11-4-2-5-12(8-11)20-18-21-17(24)15(27-18)10-16(23)19-13-6-3-7-14(9-13)22(25)26/h2-9,15H,10H2,1H3,(H,19,23)(H,20,21,24)/t15-/m0/s1. The molecule has 9 heteroatoms. The number of nitrogens with one attached hydrogen (secondary N) is 2. The van der Waals surface area contributed by atoms with Crippen LogP contribution in [0.1, 0.15) is 12.0 Å². The molecule has 0 bridgehead atoms. The number of nitro benzene ring substituents is 1. The SMILES string of the molecule is Cc1cccc(N=C2NC(=O)[C@H](CC(=O)Nc3cccc([N+](=O)[O-])c3)S2)c1. The minimum atomic E-state index is -0.604. The number of aliphatic imine (C=N–C) groups is 1. The molecule has 138 valence electrons. The molecule has 0 unspecified atom stereocenters. The van der Waals surface area contributed by atoms with Crippen LogP contribution in [0.3, 0.4) is 0 Å². The Morgan fingerprint density at radius 3 is 2.81 bits per heavy atom. The molecule has 2 N–H and O–H groups in total. The zero-order chi connectivity index (χ0) is 19.4. The number of rotatable bonds is 5. The molecule has 2 aromatic rings. The highest BCUT2D eigenvalue weighted by Crippen LogP contribution is 2.26. The number of nitrogens with zero attached hydrogens (tertiary/aromatic N) is 2. The fourth-order valence-electron chi connectivity index (χ4n) is 2.48. The van der Waals surface area contributed by atoms with Gasteiger partial charge in [0.15, 0.2) is 5.17 Å². The lowest BCUT2D eigenvalue weighted by molar-refractivity contribution is -0.384. The Morgan fingerprint density at radius 1 is 1.30 bits per heavy atom. The van der Waals surface area contributed by atoms with Gasteiger partial charge in [0.1, 0.15) is 5.25 Å². The summed E-state index contributed by atoms with van der Waals surface area (Å²) < 4.78 is 0. The predicted molar refractivity (Wildman–Crippen MR) is 104 cm³/mol. The van der Waals surface area contributed by atoms with Gasteiger partial charge < -0.3 is 10.6 Å². The van der Waals surface area contributed by atoms with Gasteiger partial charge in [-0.1, -0.05) is 30.0 Å². The number of benzene rings is 2. The molecule has 1 atom stereocenters. The Morgan fingerprint density at radius 2 is 2.07 bits per heavy atom. The van der Waals surface area contributed by atoms with Crippen LogP contribution in [-0.4, -0.2) is 27.2 Å². The number of amides is 2. The van der Waals surface area contributed by atoms with E-state index in [1.165, 1.54) is 30.0 Å². The maximum atomic E-state index is 12.2. The highest BCUT2D eigenvalue weighted by Gasteiger charge is 2.32. The molecule has 1 aliphatic heterocycles. The molecular weight excluding hydrogens is 368 g/mol. The van der Waals surface area contributed by atoms with Gasteiger partial charge in [-0.25, -0.2) is 4.99 Å². The van der Waals surface area contributed by atoms with Crippen molar-refractivity contribution in [1.82, 2.24) is 5.32 Å². The largest absolute Gasteiger partial charge is 0.326 e. The maximum Gasteiger partial charge on any atom is 0.271 e. The van der Waals surface area contributed by atoms with Gasteiger partial charge in [-0.15, -0.1) is 0 Å². The molecule has 8 nitrogen and oxygen atoms in total. The van der Waals surface area contributed by atoms with Gasteiger partial charge in [0.25, 0.3) is 5.69 Å². The van der Waals surface area contributed by atoms with Gasteiger partial charge in [-0.05, 0) is 30.7 Å². The van der Waals surface area contributed by atoms with Crippen LogP contribution in [0, 0.1) is 17.0 Å². The van der Waals surface area contributed by atoms with E-state index in [1.807, 2.05) is 31.2 Å². The highest BCUT2D eigenvalue weighted by atomic mass is 32.2. The zero-order valence-corrected chi connectivity index (χ0v) is 15.2. The van der Waals surface area contributed by atoms with Gasteiger partial charge in [0, 0.05) is 24.2 Å². The Hall–Kier alpha value is -3.20. The van der Waals surface area contributed by atoms with Crippen molar-refractivity contribution in [2.24, 2.45) is 4.99 Å². The number of carbonyl (C=O) groups excluding carboxylic acids is 2. The maximum absolute atomic E-state index is 12.2. The second-order valence-corrected chi connectivity index (χ2v) is 7.10. The summed E-state index contributed by atoms with van der Waals surface area (Å²) >= 11 is 1.19. The summed E-state index contributed by atoms with van der Waals surface area (Å²) in [6, 6.07) is 13.2. The summed E-state index contributed by atoms with van der Waals surface area (Å²) in [6.45, 7) is 1.95. The first-order chi connectivity index (χ1) is 12.9. The smallest absolute Gasteiger partial charge is 0.271 e. The van der Waals surface area contributed by atoms with Gasteiger partial charge in [-0.3, -0.25) is 19.7 Å². The molecule has 27 heavy (non-hydrogen) atoms. The minimum Gasteiger partial charge on any atom is -0.326 e. The minimum absolute atomic E-state index is 0.0635. The van der Waals surface area contributed by atoms with Crippen LogP contribution in [0.15, 0.2) is 53.5 Å². The van der Waals surface area contributed by atoms with E-state index in [2.05, 4.69) is 15.6 Å². The molecule has 1 heterocycles. The van der Waals surface area contributed by atoms with E-state index >= 15 is 0 Å². The van der Waals surface area contributed by atoms with Crippen LogP contribution < -0.4 is 10.6 Å². The lowest BCUT2D eigenvalue weighted by Gasteiger charge is -2.07. The van der Waals surface area contributed by atoms with Crippen molar-refractivity contribution in [1.29, 1.82) is 0 Å². The number of hydrogen-bond acceptors (Lipinski definition) is 6. The first-order valence-electron chi connectivity index (χ1n) is 8.08. The van der Waals surface area contributed by atoms with Crippen molar-refractivity contribution in [2.45, 2.75) is 18.6 Å². The molecule has 2 aromatic carbocycles. The lowest BCUT2D eigenvalue weighted by Crippen LogP contribution is -2.28. The number of anilines is 1. The Balaban J connectivity index is 1.62. The third-order valence-corrected chi connectivity index (χ3v) is 4.80. The normalized spacial score (nSPS) is 17.6. The summed E-state index contributed by atoms with van der Waals surface area (Å²) in [5.41, 5.74) is 1.97. The average molecular weight is 384 g/mol. The molecule has 0 saturated carbocycles. The number of carbonyl (C=O) groups is 2. The van der Waals surface area contributed by atoms with Gasteiger partial charge in [0.2, 0.25) is 11.8 Å². The molecular formula is C18H16N4O4S. The van der Waals surface area contributed by atoms with Crippen molar-refractivity contribution in [3.63, 3.8) is 0 Å². The second kappa shape index (κ2) is 8.00. The molecule has 3 rings (SSSR count). The quantitative estimate of drug-likeness (QED) is 0.607. The number of nitro groups is 1. The van der Waals surface area contributed by atoms with Crippen LogP contribution in [0.4, 0.5) is 17.1 Å². The summed E-state index contributed by atoms with van der Waals surface area (Å²) in [5.74, 6) is -0.694. The first-order valence-corrected chi connectivity index (χ1v) is 8.96. The summed E-state index contributed by atoms with van der Waals surface area (Å²) in [5, 5.41) is 15.9. The van der Waals surface area contributed by atoms with Crippen molar-refractivity contribution < 1.29 is 14.5 Å². The van der Waals surface area contributed by atoms with E-state index in [1.54, 1.807) is 6.07 Å². The topological polar surface area (TPSA) is 114 Å². The Bertz CT molecular complexity index is 944. The van der Waals surface area contributed by atoms with Gasteiger partial charge in [0.05, 0.1) is 10.6 Å². The molecule has 1 fully saturated rings. The fourth-order valence-corrected chi connectivity index (χ4v) is 3.47. The van der Waals surface area contributed by atoms with Crippen LogP contribution >= 0.6 is 11.8 Å². The second-order valence-electron chi connectivity index (χ2n) is 5.91. The van der Waals surface area contributed by atoms with E-state index in [0.29, 0.717) is 10.9 Å². The van der Waals surface area contributed by atoms with Crippen molar-refractivity contribution in [2.75, 3.05) is 5.32 Å². The number of aryl methyl sites for hydroxylation is 1. The first kappa shape index (κ1) is 18.6. The van der Waals surface area contributed by atoms with Crippen molar-refractivity contribution >= 4 is 45.8 Å². The number of non-ortho nitro benzene ring substituents is 1. The van der Waals surface area contributed by atoms with Crippen LogP contribution in [-0.2, 0) is 9.59 Å². The van der Waals surface area contributed by atoms with Crippen LogP contribution in [0.25, 0.3) is 0 Å². The van der Waals surface area contributed by atoms with E-state index in [0.717, 1.165) is 11.3 Å². The van der Waals surface area contributed by atoms with Crippen molar-refractivity contribution in [3.05, 3.63) is 64.2 Å². The third kappa shape index (κ3) is 4.91. The van der Waals surface area contributed by atoms with Crippen LogP contribution in [0.5, 0.6) is 0 Å². The predicted octanol–water partition coefficient (Wildman–Crippen LogP) is 3.15. The fraction of sp³-hybridized carbons (Fsp3) is 0.167. The van der Waals surface area contributed by atoms with Gasteiger partial charge >= 0.3 is 0 Å². The van der Waals surface area contributed by atoms with Crippen molar-refractivity contribution in [3.8, 4) is 0 Å². The third-order valence-electron chi connectivity index (χ3n) is 3.72. The van der Waals surface area contributed by atoms with Gasteiger partial charge in [-0.2, -0.15) is 0 Å². The Labute approximate surface area is 159 Å². The van der Waals surface area contributed by atoms with E-state index in [-0.39, 0.29) is 18.0 Å².